The van der Waals surface area contributed by atoms with Gasteiger partial charge in [-0.2, -0.15) is 0 Å². The number of ether oxygens (including phenoxy) is 1. The molecule has 1 heterocycles. The highest BCUT2D eigenvalue weighted by atomic mass is 16.5. The van der Waals surface area contributed by atoms with Gasteiger partial charge in [0.05, 0.1) is 17.8 Å². The van der Waals surface area contributed by atoms with Gasteiger partial charge in [0.2, 0.25) is 0 Å². The fourth-order valence-electron chi connectivity index (χ4n) is 8.76. The van der Waals surface area contributed by atoms with Gasteiger partial charge in [-0.15, -0.1) is 0 Å². The van der Waals surface area contributed by atoms with Crippen LogP contribution in [-0.4, -0.2) is 22.9 Å². The van der Waals surface area contributed by atoms with Gasteiger partial charge in [-0.1, -0.05) is 58.3 Å². The Morgan fingerprint density at radius 2 is 1.97 bits per heavy atom. The molecule has 1 aliphatic heterocycles. The smallest absolute Gasteiger partial charge is 0.0924 e. The van der Waals surface area contributed by atoms with Gasteiger partial charge < -0.3 is 9.84 Å². The summed E-state index contributed by atoms with van der Waals surface area (Å²) in [6.07, 6.45) is 13.5. The Balaban J connectivity index is 1.45. The van der Waals surface area contributed by atoms with Crippen molar-refractivity contribution in [3.05, 3.63) is 22.8 Å². The lowest BCUT2D eigenvalue weighted by Gasteiger charge is -2.49. The number of hydrogen-bond donors (Lipinski definition) is 1. The average Bonchev–Trinajstić information content (AvgIpc) is 3.24. The molecule has 1 saturated heterocycles. The number of fused-ring (bicyclic) bond motifs is 5. The van der Waals surface area contributed by atoms with E-state index in [0.717, 1.165) is 36.5 Å². The van der Waals surface area contributed by atoms with Crippen LogP contribution in [0.1, 0.15) is 99.3 Å². The Hall–Kier alpha value is -0.600. The normalized spacial score (nSPS) is 50.2. The number of rotatable bonds is 3. The minimum Gasteiger partial charge on any atom is -0.393 e. The molecule has 5 rings (SSSR count). The molecule has 0 radical (unpaired) electrons. The van der Waals surface area contributed by atoms with E-state index in [9.17, 15) is 5.11 Å². The summed E-state index contributed by atoms with van der Waals surface area (Å²) in [4.78, 5) is 0. The van der Waals surface area contributed by atoms with Crippen molar-refractivity contribution in [2.45, 2.75) is 117 Å². The molecule has 3 fully saturated rings. The van der Waals surface area contributed by atoms with Gasteiger partial charge >= 0.3 is 0 Å². The third-order valence-corrected chi connectivity index (χ3v) is 11.3. The summed E-state index contributed by atoms with van der Waals surface area (Å²) in [5.41, 5.74) is 5.30. The Kier molecular flexibility index (Phi) is 5.53. The van der Waals surface area contributed by atoms with Crippen LogP contribution >= 0.6 is 0 Å². The molecule has 1 spiro atoms. The van der Waals surface area contributed by atoms with Crippen LogP contribution in [0.5, 0.6) is 0 Å². The van der Waals surface area contributed by atoms with Crippen LogP contribution < -0.4 is 0 Å². The van der Waals surface area contributed by atoms with Crippen molar-refractivity contribution in [3.8, 4) is 0 Å². The maximum Gasteiger partial charge on any atom is 0.0924 e. The highest BCUT2D eigenvalue weighted by molar-refractivity contribution is 5.38. The van der Waals surface area contributed by atoms with E-state index < -0.39 is 0 Å². The maximum absolute atomic E-state index is 10.3. The molecule has 0 aromatic heterocycles. The van der Waals surface area contributed by atoms with Gasteiger partial charge in [0.15, 0.2) is 0 Å². The van der Waals surface area contributed by atoms with Crippen LogP contribution in [0.25, 0.3) is 0 Å². The second kappa shape index (κ2) is 7.73. The number of aliphatic hydroxyl groups is 1. The van der Waals surface area contributed by atoms with Crippen molar-refractivity contribution in [2.24, 2.45) is 40.9 Å². The number of hydrogen-bond acceptors (Lipinski definition) is 2. The second-order valence-electron chi connectivity index (χ2n) is 12.5. The van der Waals surface area contributed by atoms with Crippen LogP contribution in [0, 0.1) is 40.9 Å². The van der Waals surface area contributed by atoms with Crippen LogP contribution in [0.3, 0.4) is 0 Å². The number of aliphatic hydroxyl groups excluding tert-OH is 1. The first-order valence-electron chi connectivity index (χ1n) is 13.5. The van der Waals surface area contributed by atoms with Gasteiger partial charge in [-0.05, 0) is 105 Å². The lowest BCUT2D eigenvalue weighted by molar-refractivity contribution is -0.0530. The summed E-state index contributed by atoms with van der Waals surface area (Å²) in [6, 6.07) is 0. The van der Waals surface area contributed by atoms with Crippen molar-refractivity contribution in [3.63, 3.8) is 0 Å². The zero-order valence-corrected chi connectivity index (χ0v) is 20.9. The minimum absolute atomic E-state index is 0.00318. The van der Waals surface area contributed by atoms with Gasteiger partial charge in [-0.3, -0.25) is 0 Å². The summed E-state index contributed by atoms with van der Waals surface area (Å²) in [5, 5.41) is 10.3. The van der Waals surface area contributed by atoms with Crippen molar-refractivity contribution in [1.29, 1.82) is 0 Å². The molecule has 2 nitrogen and oxygen atoms in total. The standard InChI is InChI=1S/C29H46O2/c1-7-17(2)14-27-18(3)19(4)29(31-27)13-11-23-24-9-8-21-15-22(30)10-12-28(21,6)26(24)16-25(23)20(29)5/h8,17-19,22-24,26-27,30H,7,9-16H2,1-6H3/t17-,18+,19-,22+,23+,24+,26+,27-,28+,29-/m1/s1. The molecule has 0 bridgehead atoms. The molecule has 2 saturated carbocycles. The van der Waals surface area contributed by atoms with Gasteiger partial charge in [0.25, 0.3) is 0 Å². The van der Waals surface area contributed by atoms with E-state index in [-0.39, 0.29) is 11.7 Å². The number of allylic oxidation sites excluding steroid dienone is 2. The molecular formula is C29H46O2. The second-order valence-corrected chi connectivity index (χ2v) is 12.5. The highest BCUT2D eigenvalue weighted by Gasteiger charge is 2.59. The van der Waals surface area contributed by atoms with Crippen molar-refractivity contribution in [1.82, 2.24) is 0 Å². The molecule has 0 aromatic carbocycles. The summed E-state index contributed by atoms with van der Waals surface area (Å²) in [5.74, 6) is 4.38. The quantitative estimate of drug-likeness (QED) is 0.489. The Morgan fingerprint density at radius 3 is 2.71 bits per heavy atom. The molecule has 10 atom stereocenters. The van der Waals surface area contributed by atoms with Crippen LogP contribution in [0.4, 0.5) is 0 Å². The van der Waals surface area contributed by atoms with Crippen LogP contribution in [0.15, 0.2) is 22.8 Å². The Morgan fingerprint density at radius 1 is 1.19 bits per heavy atom. The molecule has 1 N–H and O–H groups in total. The molecule has 0 unspecified atom stereocenters. The first-order valence-corrected chi connectivity index (χ1v) is 13.5. The summed E-state index contributed by atoms with van der Waals surface area (Å²) in [7, 11) is 0. The molecule has 0 amide bonds. The molecular weight excluding hydrogens is 380 g/mol. The van der Waals surface area contributed by atoms with Crippen molar-refractivity contribution < 1.29 is 9.84 Å². The van der Waals surface area contributed by atoms with E-state index in [0.29, 0.717) is 23.4 Å². The van der Waals surface area contributed by atoms with Gasteiger partial charge in [0, 0.05) is 0 Å². The SMILES string of the molecule is CC[C@@H](C)C[C@H]1O[C@]2(CC[C@@H]3C(=C2C)C[C@H]2[C@H]3CC=C3C[C@@H](O)CC[C@@]32C)[C@H](C)[C@@H]1C. The first kappa shape index (κ1) is 22.2. The minimum atomic E-state index is -0.111. The van der Waals surface area contributed by atoms with Gasteiger partial charge in [-0.25, -0.2) is 0 Å². The summed E-state index contributed by atoms with van der Waals surface area (Å²) < 4.78 is 7.10. The van der Waals surface area contributed by atoms with E-state index in [1.165, 1.54) is 44.9 Å². The maximum atomic E-state index is 10.3. The van der Waals surface area contributed by atoms with E-state index in [1.54, 1.807) is 16.7 Å². The highest BCUT2D eigenvalue weighted by Crippen LogP contribution is 2.65. The predicted octanol–water partition coefficient (Wildman–Crippen LogP) is 7.08. The molecule has 174 valence electrons. The van der Waals surface area contributed by atoms with E-state index in [4.69, 9.17) is 4.74 Å². The van der Waals surface area contributed by atoms with E-state index >= 15 is 0 Å². The monoisotopic (exact) mass is 426 g/mol. The van der Waals surface area contributed by atoms with Crippen molar-refractivity contribution in [2.75, 3.05) is 0 Å². The van der Waals surface area contributed by atoms with E-state index in [2.05, 4.69) is 47.6 Å². The lowest BCUT2D eigenvalue weighted by atomic mass is 9.56. The fraction of sp³-hybridized carbons (Fsp3) is 0.862. The Labute approximate surface area is 190 Å². The molecule has 0 aromatic rings. The lowest BCUT2D eigenvalue weighted by Crippen LogP contribution is -2.42. The third kappa shape index (κ3) is 3.17. The molecule has 2 heteroatoms. The topological polar surface area (TPSA) is 29.5 Å². The summed E-state index contributed by atoms with van der Waals surface area (Å²) >= 11 is 0. The molecule has 4 aliphatic carbocycles. The van der Waals surface area contributed by atoms with Crippen LogP contribution in [-0.2, 0) is 4.74 Å². The summed E-state index contributed by atoms with van der Waals surface area (Å²) in [6.45, 7) is 14.6. The van der Waals surface area contributed by atoms with Gasteiger partial charge in [0.1, 0.15) is 0 Å². The van der Waals surface area contributed by atoms with E-state index in [1.807, 2.05) is 0 Å². The average molecular weight is 427 g/mol. The zero-order chi connectivity index (χ0) is 22.1. The first-order chi connectivity index (χ1) is 14.7. The molecule has 5 aliphatic rings. The fourth-order valence-corrected chi connectivity index (χ4v) is 8.76. The third-order valence-electron chi connectivity index (χ3n) is 11.3. The van der Waals surface area contributed by atoms with Crippen LogP contribution in [0.2, 0.25) is 0 Å². The Bertz CT molecular complexity index is 780. The molecule has 31 heavy (non-hydrogen) atoms. The van der Waals surface area contributed by atoms with Crippen molar-refractivity contribution >= 4 is 0 Å². The largest absolute Gasteiger partial charge is 0.393 e. The zero-order valence-electron chi connectivity index (χ0n) is 20.9. The predicted molar refractivity (Wildman–Crippen MR) is 128 cm³/mol.